The fourth-order valence-electron chi connectivity index (χ4n) is 3.65. The number of aromatic nitrogens is 1. The maximum atomic E-state index is 12.6. The van der Waals surface area contributed by atoms with Crippen molar-refractivity contribution in [1.29, 1.82) is 0 Å². The first-order chi connectivity index (χ1) is 14.1. The van der Waals surface area contributed by atoms with Crippen molar-refractivity contribution in [3.8, 4) is 17.2 Å². The molecule has 150 valence electrons. The quantitative estimate of drug-likeness (QED) is 0.238. The van der Waals surface area contributed by atoms with Crippen LogP contribution in [0.3, 0.4) is 0 Å². The highest BCUT2D eigenvalue weighted by molar-refractivity contribution is 5.97. The number of nitrogens with zero attached hydrogens (tertiary/aromatic N) is 2. The van der Waals surface area contributed by atoms with Crippen molar-refractivity contribution in [2.45, 2.75) is 33.6 Å². The minimum atomic E-state index is -0.0718. The zero-order valence-electron chi connectivity index (χ0n) is 17.2. The lowest BCUT2D eigenvalue weighted by Gasteiger charge is -2.21. The molecule has 2 aliphatic rings. The van der Waals surface area contributed by atoms with Crippen LogP contribution in [0.25, 0.3) is 33.3 Å². The van der Waals surface area contributed by atoms with E-state index in [-0.39, 0.29) is 5.43 Å². The predicted molar refractivity (Wildman–Crippen MR) is 118 cm³/mol. The Balaban J connectivity index is 1.87. The minimum Gasteiger partial charge on any atom is -0.494 e. The highest BCUT2D eigenvalue weighted by Gasteiger charge is 2.17. The van der Waals surface area contributed by atoms with Gasteiger partial charge in [0.15, 0.2) is 16.8 Å². The molecule has 0 bridgehead atoms. The van der Waals surface area contributed by atoms with Gasteiger partial charge in [-0.25, -0.2) is 4.98 Å². The number of rotatable bonds is 7. The van der Waals surface area contributed by atoms with E-state index in [1.807, 2.05) is 30.3 Å². The molecule has 5 nitrogen and oxygen atoms in total. The molecule has 0 spiro atoms. The van der Waals surface area contributed by atoms with Crippen LogP contribution >= 0.6 is 0 Å². The van der Waals surface area contributed by atoms with Gasteiger partial charge >= 0.3 is 0 Å². The zero-order valence-corrected chi connectivity index (χ0v) is 17.2. The van der Waals surface area contributed by atoms with E-state index in [0.717, 1.165) is 48.3 Å². The molecule has 5 heteroatoms. The molecule has 0 radical (unpaired) electrons. The molecule has 0 N–H and O–H groups in total. The monoisotopic (exact) mass is 390 g/mol. The average molecular weight is 390 g/mol. The Bertz CT molecular complexity index is 1180. The largest absolute Gasteiger partial charge is 0.494 e. The summed E-state index contributed by atoms with van der Waals surface area (Å²) >= 11 is 0. The van der Waals surface area contributed by atoms with Crippen molar-refractivity contribution < 1.29 is 9.15 Å². The smallest absolute Gasteiger partial charge is 0.190 e. The van der Waals surface area contributed by atoms with Gasteiger partial charge in [-0.15, -0.1) is 0 Å². The third-order valence-electron chi connectivity index (χ3n) is 5.30. The summed E-state index contributed by atoms with van der Waals surface area (Å²) in [6.07, 6.45) is 2.07. The molecule has 4 rings (SSSR count). The molecule has 1 heterocycles. The lowest BCUT2D eigenvalue weighted by Crippen LogP contribution is -2.21. The zero-order chi connectivity index (χ0) is 20.4. The maximum absolute atomic E-state index is 12.6. The lowest BCUT2D eigenvalue weighted by atomic mass is 10.0. The predicted octanol–water partition coefficient (Wildman–Crippen LogP) is 5.47. The van der Waals surface area contributed by atoms with Crippen molar-refractivity contribution in [2.24, 2.45) is 0 Å². The number of unbranched alkanes of at least 4 members (excludes halogenated alkanes) is 1. The average Bonchev–Trinajstić information content (AvgIpc) is 2.74. The van der Waals surface area contributed by atoms with E-state index in [0.29, 0.717) is 29.0 Å². The molecular weight excluding hydrogens is 364 g/mol. The number of anilines is 1. The standard InChI is InChI=1S/C24H26N2O3/c1-4-7-12-28-17-9-10-18-19(14-17)24-23(15-21(18)27)29-22-13-16(26(5-2)6-3)8-11-20(22)25-24/h8-11,13-15H,4-7,12H2,1-3H3. The minimum absolute atomic E-state index is 0.0718. The van der Waals surface area contributed by atoms with E-state index < -0.39 is 0 Å². The summed E-state index contributed by atoms with van der Waals surface area (Å²) in [5.41, 5.74) is 3.14. The number of benzene rings is 3. The van der Waals surface area contributed by atoms with Crippen LogP contribution in [-0.2, 0) is 0 Å². The van der Waals surface area contributed by atoms with Crippen LogP contribution in [0.2, 0.25) is 0 Å². The molecule has 29 heavy (non-hydrogen) atoms. The number of ether oxygens (including phenoxy) is 1. The van der Waals surface area contributed by atoms with Gasteiger partial charge in [-0.05, 0) is 50.6 Å². The summed E-state index contributed by atoms with van der Waals surface area (Å²) in [5.74, 6) is 1.24. The number of fused-ring (bicyclic) bond motifs is 4. The highest BCUT2D eigenvalue weighted by Crippen LogP contribution is 2.33. The van der Waals surface area contributed by atoms with E-state index in [1.54, 1.807) is 0 Å². The normalized spacial score (nSPS) is 11.4. The van der Waals surface area contributed by atoms with Crippen molar-refractivity contribution in [1.82, 2.24) is 4.98 Å². The van der Waals surface area contributed by atoms with Gasteiger partial charge in [-0.2, -0.15) is 0 Å². The van der Waals surface area contributed by atoms with Crippen LogP contribution in [0.5, 0.6) is 5.75 Å². The molecule has 0 saturated carbocycles. The summed E-state index contributed by atoms with van der Waals surface area (Å²) in [6, 6.07) is 13.1. The molecule has 0 atom stereocenters. The summed E-state index contributed by atoms with van der Waals surface area (Å²) in [6.45, 7) is 8.87. The van der Waals surface area contributed by atoms with E-state index in [1.165, 1.54) is 6.07 Å². The first-order valence-corrected chi connectivity index (χ1v) is 10.3. The van der Waals surface area contributed by atoms with Crippen LogP contribution in [0.15, 0.2) is 51.7 Å². The molecule has 1 aliphatic carbocycles. The van der Waals surface area contributed by atoms with E-state index >= 15 is 0 Å². The third-order valence-corrected chi connectivity index (χ3v) is 5.30. The van der Waals surface area contributed by atoms with Crippen molar-refractivity contribution in [3.63, 3.8) is 0 Å². The number of hydrogen-bond acceptors (Lipinski definition) is 5. The van der Waals surface area contributed by atoms with Gasteiger partial charge in [0.1, 0.15) is 17.0 Å². The van der Waals surface area contributed by atoms with Crippen LogP contribution in [0.1, 0.15) is 33.6 Å². The summed E-state index contributed by atoms with van der Waals surface area (Å²) in [7, 11) is 0. The molecule has 0 amide bonds. The van der Waals surface area contributed by atoms with Gasteiger partial charge in [-0.1, -0.05) is 13.3 Å². The Hall–Kier alpha value is -3.08. The third kappa shape index (κ3) is 3.65. The fourth-order valence-corrected chi connectivity index (χ4v) is 3.65. The Morgan fingerprint density at radius 1 is 1.00 bits per heavy atom. The molecule has 0 aromatic heterocycles. The van der Waals surface area contributed by atoms with Crippen molar-refractivity contribution >= 4 is 27.6 Å². The lowest BCUT2D eigenvalue weighted by molar-refractivity contribution is 0.310. The van der Waals surface area contributed by atoms with Crippen LogP contribution in [0.4, 0.5) is 5.69 Å². The van der Waals surface area contributed by atoms with E-state index in [9.17, 15) is 4.79 Å². The Morgan fingerprint density at radius 3 is 2.59 bits per heavy atom. The summed E-state index contributed by atoms with van der Waals surface area (Å²) < 4.78 is 12.0. The Labute approximate surface area is 170 Å². The van der Waals surface area contributed by atoms with E-state index in [2.05, 4.69) is 31.7 Å². The highest BCUT2D eigenvalue weighted by atomic mass is 16.5. The molecule has 0 saturated heterocycles. The van der Waals surface area contributed by atoms with Crippen LogP contribution in [-0.4, -0.2) is 24.7 Å². The van der Waals surface area contributed by atoms with Crippen molar-refractivity contribution in [2.75, 3.05) is 24.6 Å². The van der Waals surface area contributed by atoms with Crippen molar-refractivity contribution in [3.05, 3.63) is 52.7 Å². The van der Waals surface area contributed by atoms with Gasteiger partial charge in [0.2, 0.25) is 0 Å². The van der Waals surface area contributed by atoms with Gasteiger partial charge in [0.25, 0.3) is 0 Å². The molecule has 2 aromatic rings. The van der Waals surface area contributed by atoms with Gasteiger partial charge in [0.05, 0.1) is 6.61 Å². The fraction of sp³-hybridized carbons (Fsp3) is 0.333. The van der Waals surface area contributed by atoms with E-state index in [4.69, 9.17) is 14.1 Å². The molecule has 0 fully saturated rings. The van der Waals surface area contributed by atoms with Gasteiger partial charge in [0, 0.05) is 41.7 Å². The Kier molecular flexibility index (Phi) is 5.38. The maximum Gasteiger partial charge on any atom is 0.190 e. The Morgan fingerprint density at radius 2 is 1.83 bits per heavy atom. The molecule has 2 aromatic carbocycles. The second kappa shape index (κ2) is 8.11. The summed E-state index contributed by atoms with van der Waals surface area (Å²) in [5, 5.41) is 1.39. The molecule has 0 unspecified atom stereocenters. The number of hydrogen-bond donors (Lipinski definition) is 0. The molecule has 1 aliphatic heterocycles. The SMILES string of the molecule is CCCCOc1ccc2c(=O)cc3oc4cc(N(CC)CC)ccc4nc-3c2c1. The molecular formula is C24H26N2O3. The summed E-state index contributed by atoms with van der Waals surface area (Å²) in [4.78, 5) is 19.7. The second-order valence-corrected chi connectivity index (χ2v) is 7.17. The van der Waals surface area contributed by atoms with Gasteiger partial charge < -0.3 is 14.1 Å². The topological polar surface area (TPSA) is 55.6 Å². The van der Waals surface area contributed by atoms with Crippen LogP contribution < -0.4 is 15.1 Å². The first-order valence-electron chi connectivity index (χ1n) is 10.3. The van der Waals surface area contributed by atoms with Gasteiger partial charge in [-0.3, -0.25) is 4.79 Å². The van der Waals surface area contributed by atoms with Crippen LogP contribution in [0, 0.1) is 0 Å². The first kappa shape index (κ1) is 19.2. The second-order valence-electron chi connectivity index (χ2n) is 7.17.